The molecule has 0 amide bonds. The predicted molar refractivity (Wildman–Crippen MR) is 121 cm³/mol. The van der Waals surface area contributed by atoms with Gasteiger partial charge in [-0.3, -0.25) is 4.57 Å². The van der Waals surface area contributed by atoms with E-state index in [1.807, 2.05) is 41.0 Å². The summed E-state index contributed by atoms with van der Waals surface area (Å²) in [5, 5.41) is 10.7. The zero-order chi connectivity index (χ0) is 20.8. The van der Waals surface area contributed by atoms with Gasteiger partial charge in [-0.25, -0.2) is 0 Å². The molecule has 0 saturated heterocycles. The summed E-state index contributed by atoms with van der Waals surface area (Å²) in [5.74, 6) is 2.64. The summed E-state index contributed by atoms with van der Waals surface area (Å²) in [6.07, 6.45) is 1.82. The van der Waals surface area contributed by atoms with E-state index in [9.17, 15) is 0 Å². The first-order valence-corrected chi connectivity index (χ1v) is 11.0. The van der Waals surface area contributed by atoms with E-state index in [4.69, 9.17) is 27.9 Å². The molecule has 7 heteroatoms. The van der Waals surface area contributed by atoms with Crippen LogP contribution in [0, 0.1) is 0 Å². The van der Waals surface area contributed by atoms with E-state index in [1.165, 1.54) is 17.3 Å². The van der Waals surface area contributed by atoms with Gasteiger partial charge in [0.2, 0.25) is 0 Å². The van der Waals surface area contributed by atoms with Crippen LogP contribution in [0.5, 0.6) is 5.75 Å². The van der Waals surface area contributed by atoms with Crippen molar-refractivity contribution in [1.82, 2.24) is 14.8 Å². The Morgan fingerprint density at radius 3 is 2.41 bits per heavy atom. The molecular weight excluding hydrogens is 425 g/mol. The topological polar surface area (TPSA) is 39.9 Å². The van der Waals surface area contributed by atoms with Gasteiger partial charge in [-0.15, -0.1) is 16.8 Å². The van der Waals surface area contributed by atoms with Crippen LogP contribution in [0.1, 0.15) is 36.7 Å². The fourth-order valence-electron chi connectivity index (χ4n) is 2.75. The first-order valence-electron chi connectivity index (χ1n) is 9.31. The van der Waals surface area contributed by atoms with Gasteiger partial charge in [0.05, 0.1) is 0 Å². The molecule has 0 aliphatic heterocycles. The molecule has 0 unspecified atom stereocenters. The summed E-state index contributed by atoms with van der Waals surface area (Å²) in [7, 11) is 0. The molecule has 3 aromatic rings. The maximum absolute atomic E-state index is 6.27. The standard InChI is InChI=1S/C22H23Cl2N3OS/c1-4-12-27-21(13-28-17-10-8-16(9-11-17)15(2)3)25-26-22(27)29-14-18-19(23)6-5-7-20(18)24/h4-11,15H,1,12-14H2,2-3H3. The lowest BCUT2D eigenvalue weighted by molar-refractivity contribution is 0.289. The fraction of sp³-hybridized carbons (Fsp3) is 0.273. The van der Waals surface area contributed by atoms with Crippen molar-refractivity contribution in [2.24, 2.45) is 0 Å². The van der Waals surface area contributed by atoms with Crippen molar-refractivity contribution in [3.63, 3.8) is 0 Å². The normalized spacial score (nSPS) is 11.1. The SMILES string of the molecule is C=CCn1c(COc2ccc(C(C)C)cc2)nnc1SCc1c(Cl)cccc1Cl. The van der Waals surface area contributed by atoms with E-state index in [1.54, 1.807) is 0 Å². The van der Waals surface area contributed by atoms with Gasteiger partial charge in [0, 0.05) is 22.3 Å². The van der Waals surface area contributed by atoms with Gasteiger partial charge in [-0.2, -0.15) is 0 Å². The van der Waals surface area contributed by atoms with E-state index in [2.05, 4.69) is 42.8 Å². The molecule has 0 saturated carbocycles. The van der Waals surface area contributed by atoms with Gasteiger partial charge < -0.3 is 4.74 Å². The van der Waals surface area contributed by atoms with Crippen molar-refractivity contribution in [3.05, 3.63) is 82.1 Å². The Hall–Kier alpha value is -1.95. The van der Waals surface area contributed by atoms with Crippen LogP contribution in [0.2, 0.25) is 10.0 Å². The third-order valence-corrected chi connectivity index (χ3v) is 6.13. The highest BCUT2D eigenvalue weighted by atomic mass is 35.5. The number of halogens is 2. The van der Waals surface area contributed by atoms with Crippen LogP contribution in [0.3, 0.4) is 0 Å². The highest BCUT2D eigenvalue weighted by Crippen LogP contribution is 2.31. The van der Waals surface area contributed by atoms with Crippen LogP contribution < -0.4 is 4.74 Å². The molecule has 1 aromatic heterocycles. The summed E-state index contributed by atoms with van der Waals surface area (Å²) < 4.78 is 7.91. The van der Waals surface area contributed by atoms with Gasteiger partial charge in [0.15, 0.2) is 11.0 Å². The molecule has 0 bridgehead atoms. The average Bonchev–Trinajstić information content (AvgIpc) is 3.08. The third-order valence-electron chi connectivity index (χ3n) is 4.43. The highest BCUT2D eigenvalue weighted by molar-refractivity contribution is 7.98. The Labute approximate surface area is 185 Å². The van der Waals surface area contributed by atoms with E-state index < -0.39 is 0 Å². The number of ether oxygens (including phenoxy) is 1. The Kier molecular flexibility index (Phi) is 7.64. The number of aromatic nitrogens is 3. The number of rotatable bonds is 9. The Bertz CT molecular complexity index is 950. The van der Waals surface area contributed by atoms with E-state index in [-0.39, 0.29) is 0 Å². The monoisotopic (exact) mass is 447 g/mol. The molecule has 29 heavy (non-hydrogen) atoms. The molecule has 0 radical (unpaired) electrons. The van der Waals surface area contributed by atoms with E-state index >= 15 is 0 Å². The molecule has 0 spiro atoms. The van der Waals surface area contributed by atoms with Crippen molar-refractivity contribution < 1.29 is 4.74 Å². The molecule has 4 nitrogen and oxygen atoms in total. The van der Waals surface area contributed by atoms with Crippen LogP contribution in [0.15, 0.2) is 60.3 Å². The summed E-state index contributed by atoms with van der Waals surface area (Å²) >= 11 is 14.1. The smallest absolute Gasteiger partial charge is 0.191 e. The van der Waals surface area contributed by atoms with Crippen molar-refractivity contribution in [1.29, 1.82) is 0 Å². The minimum absolute atomic E-state index is 0.329. The third kappa shape index (κ3) is 5.56. The molecule has 3 rings (SSSR count). The molecule has 0 atom stereocenters. The Morgan fingerprint density at radius 2 is 1.79 bits per heavy atom. The Morgan fingerprint density at radius 1 is 1.10 bits per heavy atom. The maximum Gasteiger partial charge on any atom is 0.191 e. The lowest BCUT2D eigenvalue weighted by Gasteiger charge is -2.11. The summed E-state index contributed by atoms with van der Waals surface area (Å²) in [6.45, 7) is 9.10. The molecule has 0 aliphatic rings. The van der Waals surface area contributed by atoms with Gasteiger partial charge in [0.1, 0.15) is 12.4 Å². The van der Waals surface area contributed by atoms with Crippen LogP contribution in [-0.4, -0.2) is 14.8 Å². The van der Waals surface area contributed by atoms with Gasteiger partial charge in [0.25, 0.3) is 0 Å². The quantitative estimate of drug-likeness (QED) is 0.268. The lowest BCUT2D eigenvalue weighted by atomic mass is 10.0. The minimum Gasteiger partial charge on any atom is -0.486 e. The number of hydrogen-bond acceptors (Lipinski definition) is 4. The second kappa shape index (κ2) is 10.2. The number of allylic oxidation sites excluding steroid dienone is 1. The average molecular weight is 448 g/mol. The molecule has 2 aromatic carbocycles. The summed E-state index contributed by atoms with van der Waals surface area (Å²) in [4.78, 5) is 0. The van der Waals surface area contributed by atoms with Gasteiger partial charge >= 0.3 is 0 Å². The molecular formula is C22H23Cl2N3OS. The molecule has 1 heterocycles. The zero-order valence-corrected chi connectivity index (χ0v) is 18.8. The van der Waals surface area contributed by atoms with E-state index in [0.29, 0.717) is 34.9 Å². The summed E-state index contributed by atoms with van der Waals surface area (Å²) in [6, 6.07) is 13.6. The number of benzene rings is 2. The van der Waals surface area contributed by atoms with Gasteiger partial charge in [-0.1, -0.05) is 73.1 Å². The molecule has 0 N–H and O–H groups in total. The molecule has 0 aliphatic carbocycles. The number of nitrogens with zero attached hydrogens (tertiary/aromatic N) is 3. The second-order valence-corrected chi connectivity index (χ2v) is 8.56. The first kappa shape index (κ1) is 21.8. The number of hydrogen-bond donors (Lipinski definition) is 0. The van der Waals surface area contributed by atoms with Crippen LogP contribution in [0.4, 0.5) is 0 Å². The molecule has 152 valence electrons. The first-order chi connectivity index (χ1) is 14.0. The second-order valence-electron chi connectivity index (χ2n) is 6.80. The zero-order valence-electron chi connectivity index (χ0n) is 16.4. The lowest BCUT2D eigenvalue weighted by Crippen LogP contribution is -2.07. The fourth-order valence-corrected chi connectivity index (χ4v) is 4.46. The highest BCUT2D eigenvalue weighted by Gasteiger charge is 2.14. The van der Waals surface area contributed by atoms with Crippen molar-refractivity contribution >= 4 is 35.0 Å². The summed E-state index contributed by atoms with van der Waals surface area (Å²) in [5.41, 5.74) is 2.17. The van der Waals surface area contributed by atoms with Crippen molar-refractivity contribution in [2.75, 3.05) is 0 Å². The Balaban J connectivity index is 1.70. The van der Waals surface area contributed by atoms with Crippen LogP contribution >= 0.6 is 35.0 Å². The maximum atomic E-state index is 6.27. The van der Waals surface area contributed by atoms with Crippen molar-refractivity contribution in [2.45, 2.75) is 43.8 Å². The molecule has 0 fully saturated rings. The number of thioether (sulfide) groups is 1. The van der Waals surface area contributed by atoms with Crippen LogP contribution in [0.25, 0.3) is 0 Å². The predicted octanol–water partition coefficient (Wildman–Crippen LogP) is 6.77. The van der Waals surface area contributed by atoms with Crippen molar-refractivity contribution in [3.8, 4) is 5.75 Å². The van der Waals surface area contributed by atoms with E-state index in [0.717, 1.165) is 22.3 Å². The van der Waals surface area contributed by atoms with Gasteiger partial charge in [-0.05, 0) is 41.3 Å². The minimum atomic E-state index is 0.329. The largest absolute Gasteiger partial charge is 0.486 e. The van der Waals surface area contributed by atoms with Crippen LogP contribution in [-0.2, 0) is 18.9 Å².